The van der Waals surface area contributed by atoms with Gasteiger partial charge in [-0.25, -0.2) is 0 Å². The Morgan fingerprint density at radius 2 is 1.83 bits per heavy atom. The molecule has 7 heteroatoms. The Morgan fingerprint density at radius 3 is 2.47 bits per heavy atom. The summed E-state index contributed by atoms with van der Waals surface area (Å²) in [5.74, 6) is -0.489. The van der Waals surface area contributed by atoms with Gasteiger partial charge in [-0.05, 0) is 17.9 Å². The van der Waals surface area contributed by atoms with Gasteiger partial charge < -0.3 is 5.32 Å². The molecule has 0 bridgehead atoms. The maximum absolute atomic E-state index is 13.8. The first kappa shape index (κ1) is 22.6. The lowest BCUT2D eigenvalue weighted by atomic mass is 9.92. The monoisotopic (exact) mass is 439 g/mol. The number of carbonyl (C=O) groups is 1. The highest BCUT2D eigenvalue weighted by Crippen LogP contribution is 2.40. The van der Waals surface area contributed by atoms with Crippen LogP contribution in [0.2, 0.25) is 5.02 Å². The number of hydrogen-bond acceptors (Lipinski definition) is 1. The molecule has 162 valence electrons. The predicted molar refractivity (Wildman–Crippen MR) is 113 cm³/mol. The van der Waals surface area contributed by atoms with Crippen LogP contribution in [0, 0.1) is 12.3 Å². The third-order valence-corrected chi connectivity index (χ3v) is 5.52. The molecule has 3 rings (SSSR count). The topological polar surface area (TPSA) is 33.5 Å². The summed E-state index contributed by atoms with van der Waals surface area (Å²) in [6, 6.07) is 8.85. The molecule has 1 atom stereocenters. The maximum Gasteiger partial charge on any atom is 0.418 e. The summed E-state index contributed by atoms with van der Waals surface area (Å²) in [6.07, 6.45) is -3.75. The van der Waals surface area contributed by atoms with Gasteiger partial charge in [-0.15, -0.1) is 0 Å². The maximum atomic E-state index is 13.8. The summed E-state index contributed by atoms with van der Waals surface area (Å²) in [7, 11) is 0. The molecule has 0 saturated carbocycles. The summed E-state index contributed by atoms with van der Waals surface area (Å²) >= 11 is 6.27. The Morgan fingerprint density at radius 1 is 1.13 bits per heavy atom. The fourth-order valence-corrected chi connectivity index (χ4v) is 4.10. The van der Waals surface area contributed by atoms with Crippen LogP contribution in [0.4, 0.5) is 24.5 Å². The van der Waals surface area contributed by atoms with Crippen molar-refractivity contribution in [2.45, 2.75) is 53.3 Å². The average molecular weight is 440 g/mol. The molecular weight excluding hydrogens is 413 g/mol. The van der Waals surface area contributed by atoms with E-state index in [9.17, 15) is 18.0 Å². The Balaban J connectivity index is 1.93. The molecule has 0 fully saturated rings. The van der Waals surface area contributed by atoms with Crippen LogP contribution in [-0.2, 0) is 23.9 Å². The van der Waals surface area contributed by atoms with E-state index in [1.54, 1.807) is 0 Å². The molecule has 0 aliphatic carbocycles. The number of benzene rings is 2. The van der Waals surface area contributed by atoms with Crippen LogP contribution in [0.15, 0.2) is 30.3 Å². The molecule has 0 aromatic heterocycles. The molecular formula is C23H27ClF3N2O+. The van der Waals surface area contributed by atoms with Crippen molar-refractivity contribution in [1.29, 1.82) is 0 Å². The van der Waals surface area contributed by atoms with E-state index >= 15 is 0 Å². The van der Waals surface area contributed by atoms with Crippen molar-refractivity contribution in [3.05, 3.63) is 57.6 Å². The molecule has 0 saturated heterocycles. The van der Waals surface area contributed by atoms with E-state index in [4.69, 9.17) is 11.6 Å². The standard InChI is InChI=1S/C23H26ClF3N2O/c1-14-5-6-16-13-29(8-7-15(16)9-14)17-10-18(23(25,26)27)21(19(24)11-17)28-20(30)12-22(2,3)4/h5-6,9-11H,7-8,12-13H2,1-4H3,(H,28,30)/p+1. The van der Waals surface area contributed by atoms with E-state index in [1.807, 2.05) is 39.8 Å². The minimum atomic E-state index is -4.63. The van der Waals surface area contributed by atoms with E-state index in [0.717, 1.165) is 23.0 Å². The lowest BCUT2D eigenvalue weighted by molar-refractivity contribution is -0.849. The quantitative estimate of drug-likeness (QED) is 0.667. The number of aryl methyl sites for hydroxylation is 1. The van der Waals surface area contributed by atoms with Crippen LogP contribution in [0.1, 0.15) is 49.4 Å². The first-order valence-corrected chi connectivity index (χ1v) is 10.4. The van der Waals surface area contributed by atoms with Crippen molar-refractivity contribution in [1.82, 2.24) is 0 Å². The Hall–Kier alpha value is -2.05. The molecule has 30 heavy (non-hydrogen) atoms. The van der Waals surface area contributed by atoms with Crippen LogP contribution in [-0.4, -0.2) is 12.5 Å². The van der Waals surface area contributed by atoms with Gasteiger partial charge in [0.25, 0.3) is 0 Å². The average Bonchev–Trinajstić information content (AvgIpc) is 2.60. The lowest BCUT2D eigenvalue weighted by Crippen LogP contribution is -3.07. The molecule has 1 aliphatic heterocycles. The number of amides is 1. The van der Waals surface area contributed by atoms with E-state index in [2.05, 4.69) is 11.4 Å². The number of alkyl halides is 3. The molecule has 1 amide bonds. The zero-order valence-electron chi connectivity index (χ0n) is 17.6. The fourth-order valence-electron chi connectivity index (χ4n) is 3.84. The van der Waals surface area contributed by atoms with Crippen LogP contribution >= 0.6 is 11.6 Å². The molecule has 3 nitrogen and oxygen atoms in total. The van der Waals surface area contributed by atoms with Crippen molar-refractivity contribution in [3.63, 3.8) is 0 Å². The Kier molecular flexibility index (Phi) is 6.21. The first-order valence-electron chi connectivity index (χ1n) is 9.97. The summed E-state index contributed by atoms with van der Waals surface area (Å²) in [4.78, 5) is 13.2. The molecule has 0 radical (unpaired) electrons. The van der Waals surface area contributed by atoms with Crippen molar-refractivity contribution in [2.75, 3.05) is 11.9 Å². The van der Waals surface area contributed by atoms with Gasteiger partial charge in [-0.2, -0.15) is 13.2 Å². The van der Waals surface area contributed by atoms with E-state index in [-0.39, 0.29) is 22.5 Å². The predicted octanol–water partition coefficient (Wildman–Crippen LogP) is 5.31. The van der Waals surface area contributed by atoms with Crippen LogP contribution in [0.25, 0.3) is 0 Å². The molecule has 2 aromatic carbocycles. The Bertz CT molecular complexity index is 964. The number of carbonyl (C=O) groups excluding carboxylic acids is 1. The van der Waals surface area contributed by atoms with Gasteiger partial charge in [-0.1, -0.05) is 56.1 Å². The first-order chi connectivity index (χ1) is 13.8. The molecule has 0 spiro atoms. The summed E-state index contributed by atoms with van der Waals surface area (Å²) in [6.45, 7) is 8.85. The molecule has 2 N–H and O–H groups in total. The summed E-state index contributed by atoms with van der Waals surface area (Å²) in [5, 5.41) is 2.30. The number of rotatable bonds is 3. The highest BCUT2D eigenvalue weighted by Gasteiger charge is 2.37. The van der Waals surface area contributed by atoms with E-state index in [1.165, 1.54) is 17.2 Å². The SMILES string of the molecule is Cc1ccc2c(c1)CC[NH+](c1cc(Cl)c(NC(=O)CC(C)(C)C)c(C(F)(F)F)c1)C2. The number of halogens is 4. The number of hydrogen-bond donors (Lipinski definition) is 2. The Labute approximate surface area is 180 Å². The van der Waals surface area contributed by atoms with Gasteiger partial charge >= 0.3 is 6.18 Å². The molecule has 2 aromatic rings. The smallest absolute Gasteiger partial charge is 0.324 e. The number of nitrogens with one attached hydrogen (secondary N) is 2. The van der Waals surface area contributed by atoms with Crippen LogP contribution in [0.3, 0.4) is 0 Å². The second-order valence-electron chi connectivity index (χ2n) is 9.22. The van der Waals surface area contributed by atoms with Gasteiger partial charge in [-0.3, -0.25) is 9.69 Å². The number of fused-ring (bicyclic) bond motifs is 1. The molecule has 1 unspecified atom stereocenters. The number of anilines is 1. The third-order valence-electron chi connectivity index (χ3n) is 5.22. The van der Waals surface area contributed by atoms with Gasteiger partial charge in [0.15, 0.2) is 0 Å². The van der Waals surface area contributed by atoms with Gasteiger partial charge in [0.05, 0.1) is 22.8 Å². The molecule has 1 heterocycles. The normalized spacial score (nSPS) is 16.9. The summed E-state index contributed by atoms with van der Waals surface area (Å²) < 4.78 is 41.5. The highest BCUT2D eigenvalue weighted by molar-refractivity contribution is 6.34. The second kappa shape index (κ2) is 8.23. The highest BCUT2D eigenvalue weighted by atomic mass is 35.5. The lowest BCUT2D eigenvalue weighted by Gasteiger charge is -2.27. The largest absolute Gasteiger partial charge is 0.418 e. The van der Waals surface area contributed by atoms with Crippen molar-refractivity contribution in [3.8, 4) is 0 Å². The van der Waals surface area contributed by atoms with Crippen molar-refractivity contribution in [2.24, 2.45) is 5.41 Å². The van der Waals surface area contributed by atoms with Gasteiger partial charge in [0.2, 0.25) is 5.91 Å². The van der Waals surface area contributed by atoms with Crippen molar-refractivity contribution < 1.29 is 22.9 Å². The molecule has 1 aliphatic rings. The summed E-state index contributed by atoms with van der Waals surface area (Å²) in [5.41, 5.74) is 2.41. The van der Waals surface area contributed by atoms with E-state index in [0.29, 0.717) is 18.8 Å². The minimum absolute atomic E-state index is 0.0932. The zero-order chi connectivity index (χ0) is 22.3. The van der Waals surface area contributed by atoms with Gasteiger partial charge in [0, 0.05) is 30.5 Å². The zero-order valence-corrected chi connectivity index (χ0v) is 18.4. The van der Waals surface area contributed by atoms with Crippen LogP contribution < -0.4 is 10.2 Å². The van der Waals surface area contributed by atoms with Crippen LogP contribution in [0.5, 0.6) is 0 Å². The van der Waals surface area contributed by atoms with Crippen molar-refractivity contribution >= 4 is 28.9 Å². The third kappa shape index (κ3) is 5.35. The second-order valence-corrected chi connectivity index (χ2v) is 9.62. The van der Waals surface area contributed by atoms with Gasteiger partial charge in [0.1, 0.15) is 12.2 Å². The fraction of sp³-hybridized carbons (Fsp3) is 0.435. The number of quaternary nitrogens is 1. The minimum Gasteiger partial charge on any atom is -0.324 e. The van der Waals surface area contributed by atoms with E-state index < -0.39 is 17.6 Å².